The second kappa shape index (κ2) is 5.26. The van der Waals surface area contributed by atoms with Crippen molar-refractivity contribution in [2.45, 2.75) is 56.7 Å². The van der Waals surface area contributed by atoms with Gasteiger partial charge < -0.3 is 5.32 Å². The number of rotatable bonds is 4. The third kappa shape index (κ3) is 3.51. The molecule has 1 saturated carbocycles. The van der Waals surface area contributed by atoms with Crippen LogP contribution in [0.1, 0.15) is 46.0 Å². The summed E-state index contributed by atoms with van der Waals surface area (Å²) in [5.74, 6) is 0. The van der Waals surface area contributed by atoms with E-state index in [4.69, 9.17) is 0 Å². The van der Waals surface area contributed by atoms with Gasteiger partial charge in [0.1, 0.15) is 0 Å². The van der Waals surface area contributed by atoms with Gasteiger partial charge in [0, 0.05) is 17.3 Å². The molecule has 1 aliphatic carbocycles. The lowest BCUT2D eigenvalue weighted by Gasteiger charge is -2.36. The van der Waals surface area contributed by atoms with Gasteiger partial charge in [-0.2, -0.15) is 11.8 Å². The summed E-state index contributed by atoms with van der Waals surface area (Å²) in [4.78, 5) is 0. The van der Waals surface area contributed by atoms with E-state index in [0.717, 1.165) is 0 Å². The number of hydrogen-bond acceptors (Lipinski definition) is 2. The van der Waals surface area contributed by atoms with E-state index in [1.54, 1.807) is 0 Å². The van der Waals surface area contributed by atoms with E-state index in [1.165, 1.54) is 38.6 Å². The maximum absolute atomic E-state index is 3.59. The van der Waals surface area contributed by atoms with Crippen molar-refractivity contribution >= 4 is 11.8 Å². The zero-order valence-electron chi connectivity index (χ0n) is 9.23. The molecule has 0 spiro atoms. The zero-order valence-corrected chi connectivity index (χ0v) is 10.0. The Kier molecular flexibility index (Phi) is 4.60. The molecule has 0 unspecified atom stereocenters. The van der Waals surface area contributed by atoms with Crippen LogP contribution in [0.25, 0.3) is 0 Å². The van der Waals surface area contributed by atoms with E-state index >= 15 is 0 Å². The van der Waals surface area contributed by atoms with Crippen molar-refractivity contribution in [1.29, 1.82) is 0 Å². The molecule has 0 aromatic heterocycles. The average molecular weight is 201 g/mol. The highest BCUT2D eigenvalue weighted by Crippen LogP contribution is 2.37. The van der Waals surface area contributed by atoms with E-state index in [1.807, 2.05) is 0 Å². The number of nitrogens with one attached hydrogen (secondary N) is 1. The molecule has 1 aliphatic rings. The molecular weight excluding hydrogens is 178 g/mol. The maximum atomic E-state index is 3.59. The molecule has 1 N–H and O–H groups in total. The number of hydrogen-bond donors (Lipinski definition) is 1. The summed E-state index contributed by atoms with van der Waals surface area (Å²) in [5.41, 5.74) is 0. The van der Waals surface area contributed by atoms with Crippen LogP contribution >= 0.6 is 11.8 Å². The summed E-state index contributed by atoms with van der Waals surface area (Å²) in [5, 5.41) is 3.59. The minimum absolute atomic E-state index is 0.558. The van der Waals surface area contributed by atoms with E-state index in [-0.39, 0.29) is 0 Å². The van der Waals surface area contributed by atoms with Crippen LogP contribution in [0.5, 0.6) is 0 Å². The van der Waals surface area contributed by atoms with Gasteiger partial charge in [0.2, 0.25) is 0 Å². The minimum atomic E-state index is 0.558. The lowest BCUT2D eigenvalue weighted by atomic mass is 9.88. The van der Waals surface area contributed by atoms with Gasteiger partial charge in [-0.15, -0.1) is 0 Å². The van der Waals surface area contributed by atoms with Crippen LogP contribution in [-0.4, -0.2) is 23.6 Å². The molecule has 13 heavy (non-hydrogen) atoms. The smallest absolute Gasteiger partial charge is 0.0281 e. The van der Waals surface area contributed by atoms with E-state index in [0.29, 0.717) is 10.8 Å². The van der Waals surface area contributed by atoms with Crippen LogP contribution in [0, 0.1) is 0 Å². The largest absolute Gasteiger partial charge is 0.313 e. The van der Waals surface area contributed by atoms with Crippen LogP contribution < -0.4 is 5.32 Å². The van der Waals surface area contributed by atoms with Crippen LogP contribution in [0.3, 0.4) is 0 Å². The first-order valence-electron chi connectivity index (χ1n) is 5.47. The predicted octanol–water partition coefficient (Wildman–Crippen LogP) is 3.05. The van der Waals surface area contributed by atoms with Crippen molar-refractivity contribution in [1.82, 2.24) is 5.32 Å². The molecule has 0 amide bonds. The molecule has 1 rings (SSSR count). The Hall–Kier alpha value is 0.310. The monoisotopic (exact) mass is 201 g/mol. The molecule has 78 valence electrons. The van der Waals surface area contributed by atoms with Gasteiger partial charge in [-0.05, 0) is 19.1 Å². The molecule has 0 heterocycles. The molecule has 0 bridgehead atoms. The second-order valence-corrected chi connectivity index (χ2v) is 5.76. The lowest BCUT2D eigenvalue weighted by molar-refractivity contribution is 0.370. The van der Waals surface area contributed by atoms with Crippen molar-refractivity contribution in [2.24, 2.45) is 0 Å². The molecule has 0 aromatic carbocycles. The van der Waals surface area contributed by atoms with Crippen LogP contribution in [0.4, 0.5) is 0 Å². The normalized spacial score (nSPS) is 22.2. The van der Waals surface area contributed by atoms with Gasteiger partial charge in [-0.1, -0.05) is 33.1 Å². The molecule has 0 aliphatic heterocycles. The Bertz CT molecular complexity index is 139. The van der Waals surface area contributed by atoms with Crippen LogP contribution in [-0.2, 0) is 0 Å². The zero-order chi connectivity index (χ0) is 9.73. The second-order valence-electron chi connectivity index (χ2n) is 4.48. The topological polar surface area (TPSA) is 12.0 Å². The summed E-state index contributed by atoms with van der Waals surface area (Å²) < 4.78 is 0.558. The molecule has 0 radical (unpaired) electrons. The summed E-state index contributed by atoms with van der Waals surface area (Å²) >= 11 is 2.07. The van der Waals surface area contributed by atoms with Crippen molar-refractivity contribution in [3.8, 4) is 0 Å². The fourth-order valence-corrected chi connectivity index (χ4v) is 2.96. The van der Waals surface area contributed by atoms with E-state index in [2.05, 4.69) is 37.2 Å². The molecule has 0 atom stereocenters. The van der Waals surface area contributed by atoms with Gasteiger partial charge in [0.05, 0.1) is 0 Å². The SMILES string of the molecule is CSC1(CNC(C)C)CCCCC1. The third-order valence-electron chi connectivity index (χ3n) is 3.03. The molecule has 0 aromatic rings. The predicted molar refractivity (Wildman–Crippen MR) is 62.5 cm³/mol. The Morgan fingerprint density at radius 2 is 1.85 bits per heavy atom. The minimum Gasteiger partial charge on any atom is -0.313 e. The first-order valence-corrected chi connectivity index (χ1v) is 6.69. The average Bonchev–Trinajstić information content (AvgIpc) is 2.16. The van der Waals surface area contributed by atoms with Crippen molar-refractivity contribution in [3.63, 3.8) is 0 Å². The molecular formula is C11H23NS. The summed E-state index contributed by atoms with van der Waals surface area (Å²) in [7, 11) is 0. The van der Waals surface area contributed by atoms with E-state index < -0.39 is 0 Å². The fourth-order valence-electron chi connectivity index (χ4n) is 2.04. The first-order chi connectivity index (χ1) is 6.18. The third-order valence-corrected chi connectivity index (χ3v) is 4.45. The Morgan fingerprint density at radius 3 is 2.31 bits per heavy atom. The highest BCUT2D eigenvalue weighted by atomic mass is 32.2. The van der Waals surface area contributed by atoms with Crippen LogP contribution in [0.2, 0.25) is 0 Å². The van der Waals surface area contributed by atoms with Crippen molar-refractivity contribution < 1.29 is 0 Å². The number of thioether (sulfide) groups is 1. The van der Waals surface area contributed by atoms with Gasteiger partial charge in [0.25, 0.3) is 0 Å². The fraction of sp³-hybridized carbons (Fsp3) is 1.00. The summed E-state index contributed by atoms with van der Waals surface area (Å²) in [6.07, 6.45) is 9.40. The quantitative estimate of drug-likeness (QED) is 0.750. The van der Waals surface area contributed by atoms with Gasteiger partial charge >= 0.3 is 0 Å². The standard InChI is InChI=1S/C11H23NS/c1-10(2)12-9-11(13-3)7-5-4-6-8-11/h10,12H,4-9H2,1-3H3. The van der Waals surface area contributed by atoms with Gasteiger partial charge in [-0.3, -0.25) is 0 Å². The summed E-state index contributed by atoms with van der Waals surface area (Å²) in [6.45, 7) is 5.67. The Labute approximate surface area is 87.1 Å². The van der Waals surface area contributed by atoms with Crippen molar-refractivity contribution in [2.75, 3.05) is 12.8 Å². The molecule has 1 nitrogen and oxygen atoms in total. The molecule has 2 heteroatoms. The summed E-state index contributed by atoms with van der Waals surface area (Å²) in [6, 6.07) is 0.631. The highest BCUT2D eigenvalue weighted by molar-refractivity contribution is 8.00. The first kappa shape index (κ1) is 11.4. The molecule has 1 fully saturated rings. The lowest BCUT2D eigenvalue weighted by Crippen LogP contribution is -2.41. The Balaban J connectivity index is 2.38. The highest BCUT2D eigenvalue weighted by Gasteiger charge is 2.30. The van der Waals surface area contributed by atoms with Gasteiger partial charge in [-0.25, -0.2) is 0 Å². The van der Waals surface area contributed by atoms with Crippen molar-refractivity contribution in [3.05, 3.63) is 0 Å². The van der Waals surface area contributed by atoms with Gasteiger partial charge in [0.15, 0.2) is 0 Å². The van der Waals surface area contributed by atoms with Crippen LogP contribution in [0.15, 0.2) is 0 Å². The van der Waals surface area contributed by atoms with E-state index in [9.17, 15) is 0 Å². The molecule has 0 saturated heterocycles. The maximum Gasteiger partial charge on any atom is 0.0281 e. The Morgan fingerprint density at radius 1 is 1.23 bits per heavy atom.